The van der Waals surface area contributed by atoms with E-state index < -0.39 is 0 Å². The summed E-state index contributed by atoms with van der Waals surface area (Å²) in [6.07, 6.45) is 0. The van der Waals surface area contributed by atoms with Gasteiger partial charge in [0.25, 0.3) is 5.91 Å². The molecule has 2 aromatic carbocycles. The Balaban J connectivity index is 2.44. The third-order valence-electron chi connectivity index (χ3n) is 3.18. The molecular formula is C16H14Br2ClNO4. The SMILES string of the molecule is COc1cc(NC(=O)c2cc(Br)cc(Br)c2OC)c(OC)cc1Cl. The van der Waals surface area contributed by atoms with Crippen molar-refractivity contribution in [3.63, 3.8) is 0 Å². The second-order valence-electron chi connectivity index (χ2n) is 4.61. The summed E-state index contributed by atoms with van der Waals surface area (Å²) >= 11 is 12.8. The molecule has 0 aliphatic rings. The van der Waals surface area contributed by atoms with Crippen LogP contribution in [0.5, 0.6) is 17.2 Å². The average molecular weight is 480 g/mol. The minimum Gasteiger partial charge on any atom is -0.495 e. The molecular weight excluding hydrogens is 465 g/mol. The first-order chi connectivity index (χ1) is 11.4. The van der Waals surface area contributed by atoms with Crippen molar-refractivity contribution in [1.82, 2.24) is 0 Å². The van der Waals surface area contributed by atoms with Crippen LogP contribution in [0.2, 0.25) is 5.02 Å². The van der Waals surface area contributed by atoms with Gasteiger partial charge in [-0.15, -0.1) is 0 Å². The van der Waals surface area contributed by atoms with E-state index in [1.54, 1.807) is 24.3 Å². The van der Waals surface area contributed by atoms with Crippen LogP contribution in [0.15, 0.2) is 33.2 Å². The van der Waals surface area contributed by atoms with Gasteiger partial charge in [-0.3, -0.25) is 4.79 Å². The minimum absolute atomic E-state index is 0.356. The van der Waals surface area contributed by atoms with Crippen LogP contribution in [-0.2, 0) is 0 Å². The summed E-state index contributed by atoms with van der Waals surface area (Å²) in [5.41, 5.74) is 0.789. The molecule has 2 rings (SSSR count). The third kappa shape index (κ3) is 3.96. The number of benzene rings is 2. The maximum atomic E-state index is 12.7. The summed E-state index contributed by atoms with van der Waals surface area (Å²) in [5.74, 6) is 0.907. The number of nitrogens with one attached hydrogen (secondary N) is 1. The molecule has 0 bridgehead atoms. The van der Waals surface area contributed by atoms with Crippen LogP contribution >= 0.6 is 43.5 Å². The number of ether oxygens (including phenoxy) is 3. The van der Waals surface area contributed by atoms with Crippen LogP contribution in [0.4, 0.5) is 5.69 Å². The van der Waals surface area contributed by atoms with E-state index in [-0.39, 0.29) is 5.91 Å². The number of carbonyl (C=O) groups is 1. The third-order valence-corrected chi connectivity index (χ3v) is 4.52. The molecule has 0 spiro atoms. The maximum absolute atomic E-state index is 12.7. The highest BCUT2D eigenvalue weighted by Gasteiger charge is 2.19. The number of amides is 1. The highest BCUT2D eigenvalue weighted by molar-refractivity contribution is 9.11. The first kappa shape index (κ1) is 18.9. The smallest absolute Gasteiger partial charge is 0.259 e. The number of carbonyl (C=O) groups excluding carboxylic acids is 1. The Bertz CT molecular complexity index is 783. The Morgan fingerprint density at radius 1 is 1.00 bits per heavy atom. The topological polar surface area (TPSA) is 56.8 Å². The van der Waals surface area contributed by atoms with E-state index in [1.165, 1.54) is 21.3 Å². The average Bonchev–Trinajstić information content (AvgIpc) is 2.55. The van der Waals surface area contributed by atoms with E-state index in [0.717, 1.165) is 4.47 Å². The van der Waals surface area contributed by atoms with E-state index >= 15 is 0 Å². The highest BCUT2D eigenvalue weighted by Crippen LogP contribution is 2.37. The molecule has 0 atom stereocenters. The second kappa shape index (κ2) is 8.09. The van der Waals surface area contributed by atoms with Gasteiger partial charge < -0.3 is 19.5 Å². The molecule has 0 aromatic heterocycles. The summed E-state index contributed by atoms with van der Waals surface area (Å²) in [5, 5.41) is 3.17. The maximum Gasteiger partial charge on any atom is 0.259 e. The first-order valence-corrected chi connectivity index (χ1v) is 8.63. The predicted octanol–water partition coefficient (Wildman–Crippen LogP) is 5.14. The molecule has 0 unspecified atom stereocenters. The lowest BCUT2D eigenvalue weighted by Crippen LogP contribution is -2.14. The molecule has 1 amide bonds. The van der Waals surface area contributed by atoms with Gasteiger partial charge in [-0.05, 0) is 28.1 Å². The van der Waals surface area contributed by atoms with Gasteiger partial charge in [0.1, 0.15) is 17.2 Å². The molecule has 5 nitrogen and oxygen atoms in total. The molecule has 1 N–H and O–H groups in total. The molecule has 8 heteroatoms. The molecule has 2 aromatic rings. The molecule has 0 saturated carbocycles. The molecule has 0 heterocycles. The van der Waals surface area contributed by atoms with Crippen LogP contribution < -0.4 is 19.5 Å². The van der Waals surface area contributed by atoms with Crippen molar-refractivity contribution in [2.24, 2.45) is 0 Å². The highest BCUT2D eigenvalue weighted by atomic mass is 79.9. The molecule has 0 aliphatic carbocycles. The largest absolute Gasteiger partial charge is 0.495 e. The summed E-state index contributed by atoms with van der Waals surface area (Å²) in [6.45, 7) is 0. The Morgan fingerprint density at radius 3 is 2.25 bits per heavy atom. The zero-order valence-corrected chi connectivity index (χ0v) is 17.0. The summed E-state index contributed by atoms with van der Waals surface area (Å²) < 4.78 is 17.1. The monoisotopic (exact) mass is 477 g/mol. The van der Waals surface area contributed by atoms with Gasteiger partial charge >= 0.3 is 0 Å². The molecule has 0 aliphatic heterocycles. The van der Waals surface area contributed by atoms with Crippen LogP contribution in [0.25, 0.3) is 0 Å². The summed E-state index contributed by atoms with van der Waals surface area (Å²) in [4.78, 5) is 12.7. The van der Waals surface area contributed by atoms with Gasteiger partial charge in [0.15, 0.2) is 0 Å². The van der Waals surface area contributed by atoms with Crippen molar-refractivity contribution < 1.29 is 19.0 Å². The number of anilines is 1. The number of halogens is 3. The van der Waals surface area contributed by atoms with Crippen LogP contribution in [0.3, 0.4) is 0 Å². The van der Waals surface area contributed by atoms with E-state index in [0.29, 0.717) is 38.0 Å². The van der Waals surface area contributed by atoms with Crippen molar-refractivity contribution in [1.29, 1.82) is 0 Å². The summed E-state index contributed by atoms with van der Waals surface area (Å²) in [6, 6.07) is 6.63. The molecule has 0 saturated heterocycles. The number of methoxy groups -OCH3 is 3. The van der Waals surface area contributed by atoms with Crippen LogP contribution in [0.1, 0.15) is 10.4 Å². The van der Waals surface area contributed by atoms with Gasteiger partial charge in [0.2, 0.25) is 0 Å². The van der Waals surface area contributed by atoms with Gasteiger partial charge in [0.05, 0.1) is 42.1 Å². The van der Waals surface area contributed by atoms with Gasteiger partial charge in [-0.2, -0.15) is 0 Å². The van der Waals surface area contributed by atoms with Crippen molar-refractivity contribution in [3.8, 4) is 17.2 Å². The number of rotatable bonds is 5. The standard InChI is InChI=1S/C16H14Br2ClNO4/c1-22-13-7-12(14(23-2)6-11(13)19)20-16(21)9-4-8(17)5-10(18)15(9)24-3/h4-7H,1-3H3,(H,20,21). The van der Waals surface area contributed by atoms with Crippen molar-refractivity contribution >= 4 is 55.1 Å². The Kier molecular flexibility index (Phi) is 6.37. The molecule has 24 heavy (non-hydrogen) atoms. The van der Waals surface area contributed by atoms with E-state index in [2.05, 4.69) is 37.2 Å². The normalized spacial score (nSPS) is 10.2. The summed E-state index contributed by atoms with van der Waals surface area (Å²) in [7, 11) is 4.48. The van der Waals surface area contributed by atoms with Crippen molar-refractivity contribution in [3.05, 3.63) is 43.8 Å². The predicted molar refractivity (Wildman–Crippen MR) is 101 cm³/mol. The van der Waals surface area contributed by atoms with E-state index in [9.17, 15) is 4.79 Å². The number of hydrogen-bond donors (Lipinski definition) is 1. The van der Waals surface area contributed by atoms with E-state index in [1.807, 2.05) is 0 Å². The lowest BCUT2D eigenvalue weighted by Gasteiger charge is -2.15. The zero-order valence-electron chi connectivity index (χ0n) is 13.1. The number of hydrogen-bond acceptors (Lipinski definition) is 4. The Morgan fingerprint density at radius 2 is 1.67 bits per heavy atom. The fourth-order valence-corrected chi connectivity index (χ4v) is 3.70. The fourth-order valence-electron chi connectivity index (χ4n) is 2.08. The lowest BCUT2D eigenvalue weighted by atomic mass is 10.1. The Labute approximate surface area is 161 Å². The van der Waals surface area contributed by atoms with Gasteiger partial charge in [0, 0.05) is 16.6 Å². The second-order valence-corrected chi connectivity index (χ2v) is 6.79. The quantitative estimate of drug-likeness (QED) is 0.645. The lowest BCUT2D eigenvalue weighted by molar-refractivity contribution is 0.102. The fraction of sp³-hybridized carbons (Fsp3) is 0.188. The van der Waals surface area contributed by atoms with E-state index in [4.69, 9.17) is 25.8 Å². The van der Waals surface area contributed by atoms with Crippen LogP contribution in [0, 0.1) is 0 Å². The van der Waals surface area contributed by atoms with Gasteiger partial charge in [-0.25, -0.2) is 0 Å². The first-order valence-electron chi connectivity index (χ1n) is 6.67. The van der Waals surface area contributed by atoms with Crippen molar-refractivity contribution in [2.45, 2.75) is 0 Å². The van der Waals surface area contributed by atoms with Gasteiger partial charge in [-0.1, -0.05) is 27.5 Å². The van der Waals surface area contributed by atoms with Crippen molar-refractivity contribution in [2.75, 3.05) is 26.6 Å². The minimum atomic E-state index is -0.364. The molecule has 0 fully saturated rings. The molecule has 0 radical (unpaired) electrons. The zero-order chi connectivity index (χ0) is 17.9. The Hall–Kier alpha value is -1.44. The van der Waals surface area contributed by atoms with Crippen LogP contribution in [-0.4, -0.2) is 27.2 Å². The molecule has 128 valence electrons.